The zero-order valence-corrected chi connectivity index (χ0v) is 10.4. The third kappa shape index (κ3) is 6.05. The van der Waals surface area contributed by atoms with Crippen LogP contribution in [0.25, 0.3) is 0 Å². The Kier molecular flexibility index (Phi) is 5.94. The second-order valence-corrected chi connectivity index (χ2v) is 4.63. The molecule has 0 aliphatic heterocycles. The van der Waals surface area contributed by atoms with Crippen LogP contribution in [0.15, 0.2) is 17.5 Å². The molecule has 1 aromatic heterocycles. The van der Waals surface area contributed by atoms with E-state index >= 15 is 0 Å². The Bertz CT molecular complexity index is 300. The van der Waals surface area contributed by atoms with Crippen LogP contribution in [-0.2, 0) is 4.74 Å². The maximum Gasteiger partial charge on any atom is 0.411 e. The molecule has 0 spiro atoms. The summed E-state index contributed by atoms with van der Waals surface area (Å²) in [6.07, 6.45) is -3.33. The molecule has 0 saturated carbocycles. The molecule has 6 heteroatoms. The summed E-state index contributed by atoms with van der Waals surface area (Å²) >= 11 is 1.52. The van der Waals surface area contributed by atoms with Gasteiger partial charge < -0.3 is 10.1 Å². The van der Waals surface area contributed by atoms with Crippen molar-refractivity contribution >= 4 is 11.3 Å². The number of ether oxygens (including phenoxy) is 1. The molecular formula is C11H16F3NOS. The highest BCUT2D eigenvalue weighted by Crippen LogP contribution is 2.21. The standard InChI is InChI=1S/C11H16F3NOS/c1-2-5-15-9(10-4-3-6-17-10)7-16-8-11(12,13)14/h3-4,6,9,15H,2,5,7-8H2,1H3. The second-order valence-electron chi connectivity index (χ2n) is 3.65. The molecule has 0 radical (unpaired) electrons. The summed E-state index contributed by atoms with van der Waals surface area (Å²) in [6.45, 7) is 1.62. The molecule has 0 amide bonds. The van der Waals surface area contributed by atoms with Crippen LogP contribution >= 0.6 is 11.3 Å². The molecule has 17 heavy (non-hydrogen) atoms. The van der Waals surface area contributed by atoms with E-state index in [4.69, 9.17) is 4.74 Å². The molecule has 0 saturated heterocycles. The quantitative estimate of drug-likeness (QED) is 0.818. The van der Waals surface area contributed by atoms with E-state index in [1.54, 1.807) is 0 Å². The van der Waals surface area contributed by atoms with E-state index < -0.39 is 12.8 Å². The molecule has 1 heterocycles. The number of nitrogens with one attached hydrogen (secondary N) is 1. The minimum Gasteiger partial charge on any atom is -0.370 e. The first-order chi connectivity index (χ1) is 8.03. The van der Waals surface area contributed by atoms with Crippen LogP contribution in [0.1, 0.15) is 24.3 Å². The zero-order valence-electron chi connectivity index (χ0n) is 9.59. The molecule has 1 atom stereocenters. The summed E-state index contributed by atoms with van der Waals surface area (Å²) in [5.41, 5.74) is 0. The predicted octanol–water partition coefficient (Wildman–Crippen LogP) is 3.37. The molecule has 1 rings (SSSR count). The normalized spacial score (nSPS) is 13.9. The van der Waals surface area contributed by atoms with Crippen LogP contribution in [-0.4, -0.2) is 25.9 Å². The van der Waals surface area contributed by atoms with E-state index in [9.17, 15) is 13.2 Å². The summed E-state index contributed by atoms with van der Waals surface area (Å²) in [5.74, 6) is 0. The van der Waals surface area contributed by atoms with Crippen LogP contribution < -0.4 is 5.32 Å². The van der Waals surface area contributed by atoms with Crippen molar-refractivity contribution in [2.75, 3.05) is 19.8 Å². The Hall–Kier alpha value is -0.590. The molecule has 1 N–H and O–H groups in total. The lowest BCUT2D eigenvalue weighted by Gasteiger charge is -2.17. The lowest BCUT2D eigenvalue weighted by atomic mass is 10.2. The molecule has 0 aliphatic carbocycles. The molecule has 0 fully saturated rings. The van der Waals surface area contributed by atoms with Gasteiger partial charge in [0, 0.05) is 4.88 Å². The SMILES string of the molecule is CCCNC(COCC(F)(F)F)c1cccs1. The van der Waals surface area contributed by atoms with Crippen molar-refractivity contribution in [1.82, 2.24) is 5.32 Å². The Morgan fingerprint density at radius 2 is 2.24 bits per heavy atom. The van der Waals surface area contributed by atoms with E-state index in [-0.39, 0.29) is 12.6 Å². The van der Waals surface area contributed by atoms with Crippen molar-refractivity contribution in [2.24, 2.45) is 0 Å². The van der Waals surface area contributed by atoms with Gasteiger partial charge in [-0.1, -0.05) is 13.0 Å². The van der Waals surface area contributed by atoms with Crippen LogP contribution in [0.5, 0.6) is 0 Å². The topological polar surface area (TPSA) is 21.3 Å². The number of halogens is 3. The monoisotopic (exact) mass is 267 g/mol. The third-order valence-electron chi connectivity index (χ3n) is 2.08. The maximum absolute atomic E-state index is 12.0. The van der Waals surface area contributed by atoms with Crippen molar-refractivity contribution in [1.29, 1.82) is 0 Å². The second kappa shape index (κ2) is 6.98. The molecule has 1 unspecified atom stereocenters. The van der Waals surface area contributed by atoms with Crippen molar-refractivity contribution in [3.8, 4) is 0 Å². The van der Waals surface area contributed by atoms with Crippen molar-refractivity contribution in [3.05, 3.63) is 22.4 Å². The van der Waals surface area contributed by atoms with Gasteiger partial charge in [-0.25, -0.2) is 0 Å². The van der Waals surface area contributed by atoms with Gasteiger partial charge in [0.05, 0.1) is 12.6 Å². The first-order valence-electron chi connectivity index (χ1n) is 5.44. The summed E-state index contributed by atoms with van der Waals surface area (Å²) in [6, 6.07) is 3.62. The first-order valence-corrected chi connectivity index (χ1v) is 6.32. The summed E-state index contributed by atoms with van der Waals surface area (Å²) in [4.78, 5) is 1.00. The van der Waals surface area contributed by atoms with Gasteiger partial charge in [0.15, 0.2) is 0 Å². The summed E-state index contributed by atoms with van der Waals surface area (Å²) in [7, 11) is 0. The van der Waals surface area contributed by atoms with Crippen LogP contribution in [0.3, 0.4) is 0 Å². The van der Waals surface area contributed by atoms with Crippen LogP contribution in [0.2, 0.25) is 0 Å². The molecule has 0 bridgehead atoms. The number of alkyl halides is 3. The molecule has 0 aromatic carbocycles. The zero-order chi connectivity index (χ0) is 12.7. The van der Waals surface area contributed by atoms with Crippen molar-refractivity contribution in [2.45, 2.75) is 25.6 Å². The Morgan fingerprint density at radius 3 is 2.76 bits per heavy atom. The minimum atomic E-state index is -4.26. The summed E-state index contributed by atoms with van der Waals surface area (Å²) in [5, 5.41) is 5.08. The fraction of sp³-hybridized carbons (Fsp3) is 0.636. The lowest BCUT2D eigenvalue weighted by Crippen LogP contribution is -2.28. The lowest BCUT2D eigenvalue weighted by molar-refractivity contribution is -0.175. The molecule has 98 valence electrons. The van der Waals surface area contributed by atoms with E-state index in [1.165, 1.54) is 11.3 Å². The Balaban J connectivity index is 2.42. The fourth-order valence-electron chi connectivity index (χ4n) is 1.34. The Labute approximate surface area is 103 Å². The van der Waals surface area contributed by atoms with Gasteiger partial charge >= 0.3 is 6.18 Å². The largest absolute Gasteiger partial charge is 0.411 e. The van der Waals surface area contributed by atoms with E-state index in [2.05, 4.69) is 5.32 Å². The summed E-state index contributed by atoms with van der Waals surface area (Å²) < 4.78 is 40.6. The van der Waals surface area contributed by atoms with Gasteiger partial charge in [-0.15, -0.1) is 11.3 Å². The highest BCUT2D eigenvalue weighted by Gasteiger charge is 2.28. The van der Waals surface area contributed by atoms with E-state index in [0.717, 1.165) is 17.8 Å². The van der Waals surface area contributed by atoms with Gasteiger partial charge in [0.1, 0.15) is 6.61 Å². The average molecular weight is 267 g/mol. The van der Waals surface area contributed by atoms with Crippen molar-refractivity contribution in [3.63, 3.8) is 0 Å². The highest BCUT2D eigenvalue weighted by molar-refractivity contribution is 7.10. The predicted molar refractivity (Wildman–Crippen MR) is 62.2 cm³/mol. The van der Waals surface area contributed by atoms with Gasteiger partial charge in [-0.05, 0) is 24.4 Å². The number of hydrogen-bond donors (Lipinski definition) is 1. The molecule has 0 aliphatic rings. The number of thiophene rings is 1. The third-order valence-corrected chi connectivity index (χ3v) is 3.06. The Morgan fingerprint density at radius 1 is 1.47 bits per heavy atom. The van der Waals surface area contributed by atoms with Gasteiger partial charge in [-0.2, -0.15) is 13.2 Å². The fourth-order valence-corrected chi connectivity index (χ4v) is 2.13. The number of rotatable bonds is 7. The average Bonchev–Trinajstić information content (AvgIpc) is 2.74. The van der Waals surface area contributed by atoms with Gasteiger partial charge in [0.25, 0.3) is 0 Å². The molecule has 1 aromatic rings. The first kappa shape index (κ1) is 14.5. The van der Waals surface area contributed by atoms with E-state index in [1.807, 2.05) is 24.4 Å². The van der Waals surface area contributed by atoms with E-state index in [0.29, 0.717) is 0 Å². The van der Waals surface area contributed by atoms with Crippen LogP contribution in [0, 0.1) is 0 Å². The van der Waals surface area contributed by atoms with Gasteiger partial charge in [0.2, 0.25) is 0 Å². The molecule has 2 nitrogen and oxygen atoms in total. The van der Waals surface area contributed by atoms with Crippen LogP contribution in [0.4, 0.5) is 13.2 Å². The smallest absolute Gasteiger partial charge is 0.370 e. The maximum atomic E-state index is 12.0. The minimum absolute atomic E-state index is 0.0417. The highest BCUT2D eigenvalue weighted by atomic mass is 32.1. The van der Waals surface area contributed by atoms with Crippen molar-refractivity contribution < 1.29 is 17.9 Å². The molecular weight excluding hydrogens is 251 g/mol. The number of hydrogen-bond acceptors (Lipinski definition) is 3. The van der Waals surface area contributed by atoms with Gasteiger partial charge in [-0.3, -0.25) is 0 Å².